The second-order valence-electron chi connectivity index (χ2n) is 4.82. The van der Waals surface area contributed by atoms with Gasteiger partial charge in [-0.2, -0.15) is 0 Å². The van der Waals surface area contributed by atoms with Crippen LogP contribution in [0.15, 0.2) is 65.7 Å². The van der Waals surface area contributed by atoms with Crippen LogP contribution in [-0.2, 0) is 10.0 Å². The molecule has 7 heteroatoms. The van der Waals surface area contributed by atoms with Gasteiger partial charge in [0.2, 0.25) is 0 Å². The average Bonchev–Trinajstić information content (AvgIpc) is 2.54. The number of fused-ring (bicyclic) bond motifs is 1. The maximum absolute atomic E-state index is 12.5. The van der Waals surface area contributed by atoms with Crippen molar-refractivity contribution in [2.75, 3.05) is 4.72 Å². The number of aromatic nitrogens is 1. The SMILES string of the molecule is O=C(O)c1cccnc1NS(=O)(=O)c1ccc2ccccc2c1. The maximum atomic E-state index is 12.5. The maximum Gasteiger partial charge on any atom is 0.339 e. The third-order valence-electron chi connectivity index (χ3n) is 3.30. The Balaban J connectivity index is 2.03. The summed E-state index contributed by atoms with van der Waals surface area (Å²) in [6.07, 6.45) is 1.32. The molecule has 2 aromatic carbocycles. The molecule has 0 bridgehead atoms. The van der Waals surface area contributed by atoms with Gasteiger partial charge in [-0.05, 0) is 35.0 Å². The van der Waals surface area contributed by atoms with Crippen LogP contribution in [0.4, 0.5) is 5.82 Å². The van der Waals surface area contributed by atoms with Crippen molar-refractivity contribution < 1.29 is 18.3 Å². The van der Waals surface area contributed by atoms with Crippen LogP contribution in [-0.4, -0.2) is 24.5 Å². The summed E-state index contributed by atoms with van der Waals surface area (Å²) >= 11 is 0. The van der Waals surface area contributed by atoms with Gasteiger partial charge >= 0.3 is 5.97 Å². The molecule has 1 aromatic heterocycles. The van der Waals surface area contributed by atoms with Gasteiger partial charge in [0.05, 0.1) is 4.90 Å². The number of carboxylic acids is 1. The lowest BCUT2D eigenvalue weighted by Crippen LogP contribution is -2.16. The van der Waals surface area contributed by atoms with Gasteiger partial charge in [0.1, 0.15) is 5.56 Å². The minimum Gasteiger partial charge on any atom is -0.478 e. The fourth-order valence-electron chi connectivity index (χ4n) is 2.18. The number of aromatic carboxylic acids is 1. The highest BCUT2D eigenvalue weighted by atomic mass is 32.2. The molecule has 0 aliphatic carbocycles. The third-order valence-corrected chi connectivity index (χ3v) is 4.64. The molecule has 3 rings (SSSR count). The van der Waals surface area contributed by atoms with Crippen molar-refractivity contribution in [2.24, 2.45) is 0 Å². The van der Waals surface area contributed by atoms with Crippen molar-refractivity contribution in [3.8, 4) is 0 Å². The normalized spacial score (nSPS) is 11.3. The van der Waals surface area contributed by atoms with Gasteiger partial charge in [0.25, 0.3) is 10.0 Å². The number of carboxylic acid groups (broad SMARTS) is 1. The van der Waals surface area contributed by atoms with E-state index >= 15 is 0 Å². The van der Waals surface area contributed by atoms with Crippen molar-refractivity contribution >= 4 is 32.6 Å². The highest BCUT2D eigenvalue weighted by Gasteiger charge is 2.19. The Bertz CT molecular complexity index is 1000. The molecule has 0 atom stereocenters. The van der Waals surface area contributed by atoms with Crippen LogP contribution in [0.1, 0.15) is 10.4 Å². The summed E-state index contributed by atoms with van der Waals surface area (Å²) in [5.41, 5.74) is -0.211. The van der Waals surface area contributed by atoms with E-state index in [1.54, 1.807) is 12.1 Å². The summed E-state index contributed by atoms with van der Waals surface area (Å²) in [6, 6.07) is 14.8. The quantitative estimate of drug-likeness (QED) is 0.767. The van der Waals surface area contributed by atoms with Crippen LogP contribution in [0.3, 0.4) is 0 Å². The Labute approximate surface area is 132 Å². The molecule has 0 unspecified atom stereocenters. The zero-order chi connectivity index (χ0) is 16.4. The lowest BCUT2D eigenvalue weighted by molar-refractivity contribution is 0.0697. The fourth-order valence-corrected chi connectivity index (χ4v) is 3.24. The monoisotopic (exact) mass is 328 g/mol. The minimum atomic E-state index is -3.94. The molecule has 3 aromatic rings. The first-order valence-electron chi connectivity index (χ1n) is 6.67. The van der Waals surface area contributed by atoms with Crippen molar-refractivity contribution in [1.82, 2.24) is 4.98 Å². The summed E-state index contributed by atoms with van der Waals surface area (Å²) in [7, 11) is -3.94. The van der Waals surface area contributed by atoms with Crippen molar-refractivity contribution in [3.63, 3.8) is 0 Å². The van der Waals surface area contributed by atoms with E-state index < -0.39 is 16.0 Å². The molecule has 6 nitrogen and oxygen atoms in total. The molecule has 0 saturated heterocycles. The number of nitrogens with one attached hydrogen (secondary N) is 1. The largest absolute Gasteiger partial charge is 0.478 e. The van der Waals surface area contributed by atoms with E-state index in [4.69, 9.17) is 5.11 Å². The minimum absolute atomic E-state index is 0.0400. The molecule has 0 aliphatic heterocycles. The number of rotatable bonds is 4. The first-order valence-corrected chi connectivity index (χ1v) is 8.16. The summed E-state index contributed by atoms with van der Waals surface area (Å²) in [4.78, 5) is 15.0. The van der Waals surface area contributed by atoms with E-state index in [0.717, 1.165) is 10.8 Å². The topological polar surface area (TPSA) is 96.4 Å². The van der Waals surface area contributed by atoms with Crippen LogP contribution in [0.25, 0.3) is 10.8 Å². The molecular weight excluding hydrogens is 316 g/mol. The second kappa shape index (κ2) is 5.69. The molecule has 1 heterocycles. The molecule has 2 N–H and O–H groups in total. The van der Waals surface area contributed by atoms with Gasteiger partial charge in [-0.3, -0.25) is 4.72 Å². The van der Waals surface area contributed by atoms with Crippen molar-refractivity contribution in [2.45, 2.75) is 4.90 Å². The number of hydrogen-bond donors (Lipinski definition) is 2. The summed E-state index contributed by atoms with van der Waals surface area (Å²) in [5, 5.41) is 10.8. The number of carbonyl (C=O) groups is 1. The smallest absolute Gasteiger partial charge is 0.339 e. The molecule has 116 valence electrons. The Morgan fingerprint density at radius 2 is 1.74 bits per heavy atom. The summed E-state index contributed by atoms with van der Waals surface area (Å²) in [5.74, 6) is -1.47. The molecular formula is C16H12N2O4S. The molecule has 0 fully saturated rings. The van der Waals surface area contributed by atoms with Crippen LogP contribution < -0.4 is 4.72 Å². The molecule has 0 aliphatic rings. The third kappa shape index (κ3) is 3.00. The predicted molar refractivity (Wildman–Crippen MR) is 86.0 cm³/mol. The number of hydrogen-bond acceptors (Lipinski definition) is 4. The summed E-state index contributed by atoms with van der Waals surface area (Å²) in [6.45, 7) is 0. The van der Waals surface area contributed by atoms with E-state index in [2.05, 4.69) is 9.71 Å². The molecule has 0 saturated carbocycles. The van der Waals surface area contributed by atoms with E-state index in [0.29, 0.717) is 0 Å². The Hall–Kier alpha value is -2.93. The van der Waals surface area contributed by atoms with Crippen molar-refractivity contribution in [1.29, 1.82) is 0 Å². The van der Waals surface area contributed by atoms with E-state index in [1.165, 1.54) is 30.5 Å². The Kier molecular flexibility index (Phi) is 3.71. The molecule has 0 spiro atoms. The average molecular weight is 328 g/mol. The van der Waals surface area contributed by atoms with Crippen LogP contribution in [0, 0.1) is 0 Å². The first kappa shape index (κ1) is 15.0. The van der Waals surface area contributed by atoms with Crippen LogP contribution >= 0.6 is 0 Å². The zero-order valence-corrected chi connectivity index (χ0v) is 12.6. The highest BCUT2D eigenvalue weighted by Crippen LogP contribution is 2.22. The standard InChI is InChI=1S/C16H12N2O4S/c19-16(20)14-6-3-9-17-15(14)18-23(21,22)13-8-7-11-4-1-2-5-12(11)10-13/h1-10H,(H,17,18)(H,19,20). The van der Waals surface area contributed by atoms with Gasteiger partial charge in [0.15, 0.2) is 5.82 Å². The Morgan fingerprint density at radius 1 is 1.00 bits per heavy atom. The van der Waals surface area contributed by atoms with E-state index in [1.807, 2.05) is 18.2 Å². The lowest BCUT2D eigenvalue weighted by Gasteiger charge is -2.10. The zero-order valence-electron chi connectivity index (χ0n) is 11.8. The van der Waals surface area contributed by atoms with Gasteiger partial charge in [-0.25, -0.2) is 18.2 Å². The van der Waals surface area contributed by atoms with Gasteiger partial charge < -0.3 is 5.11 Å². The van der Waals surface area contributed by atoms with Gasteiger partial charge in [0, 0.05) is 6.20 Å². The number of pyridine rings is 1. The number of sulfonamides is 1. The number of benzene rings is 2. The fraction of sp³-hybridized carbons (Fsp3) is 0. The van der Waals surface area contributed by atoms with E-state index in [-0.39, 0.29) is 16.3 Å². The second-order valence-corrected chi connectivity index (χ2v) is 6.50. The van der Waals surface area contributed by atoms with Gasteiger partial charge in [-0.1, -0.05) is 30.3 Å². The summed E-state index contributed by atoms with van der Waals surface area (Å²) < 4.78 is 27.2. The van der Waals surface area contributed by atoms with Gasteiger partial charge in [-0.15, -0.1) is 0 Å². The predicted octanol–water partition coefficient (Wildman–Crippen LogP) is 2.73. The molecule has 23 heavy (non-hydrogen) atoms. The molecule has 0 amide bonds. The molecule has 0 radical (unpaired) electrons. The lowest BCUT2D eigenvalue weighted by atomic mass is 10.1. The highest BCUT2D eigenvalue weighted by molar-refractivity contribution is 7.92. The first-order chi connectivity index (χ1) is 11.0. The van der Waals surface area contributed by atoms with Crippen molar-refractivity contribution in [3.05, 3.63) is 66.4 Å². The van der Waals surface area contributed by atoms with E-state index in [9.17, 15) is 13.2 Å². The van der Waals surface area contributed by atoms with Crippen LogP contribution in [0.2, 0.25) is 0 Å². The van der Waals surface area contributed by atoms with Crippen LogP contribution in [0.5, 0.6) is 0 Å². The Morgan fingerprint density at radius 3 is 2.48 bits per heavy atom. The number of nitrogens with zero attached hydrogens (tertiary/aromatic N) is 1. The number of anilines is 1.